The highest BCUT2D eigenvalue weighted by Crippen LogP contribution is 2.25. The lowest BCUT2D eigenvalue weighted by Gasteiger charge is -2.14. The standard InChI is InChI=1S/C21H22O5/c1-13(20(22)16-8-7-14-5-4-6-15(14)9-16)26-21(23)17-10-18(24-2)12-19(11-17)25-3/h7-13H,4-6H2,1-3H3/t13-/m1/s1. The predicted molar refractivity (Wildman–Crippen MR) is 97.2 cm³/mol. The second-order valence-electron chi connectivity index (χ2n) is 6.35. The summed E-state index contributed by atoms with van der Waals surface area (Å²) in [6, 6.07) is 10.5. The van der Waals surface area contributed by atoms with Crippen LogP contribution < -0.4 is 9.47 Å². The van der Waals surface area contributed by atoms with Crippen molar-refractivity contribution in [3.8, 4) is 11.5 Å². The summed E-state index contributed by atoms with van der Waals surface area (Å²) in [6.45, 7) is 1.59. The van der Waals surface area contributed by atoms with Crippen molar-refractivity contribution in [2.45, 2.75) is 32.3 Å². The number of carbonyl (C=O) groups is 2. The summed E-state index contributed by atoms with van der Waals surface area (Å²) in [5.74, 6) is 0.162. The van der Waals surface area contributed by atoms with Crippen molar-refractivity contribution in [1.82, 2.24) is 0 Å². The Morgan fingerprint density at radius 2 is 1.54 bits per heavy atom. The van der Waals surface area contributed by atoms with E-state index in [0.717, 1.165) is 19.3 Å². The molecule has 1 aliphatic rings. The molecule has 2 aromatic carbocycles. The fourth-order valence-corrected chi connectivity index (χ4v) is 3.17. The molecule has 0 spiro atoms. The zero-order chi connectivity index (χ0) is 18.7. The Morgan fingerprint density at radius 3 is 2.19 bits per heavy atom. The van der Waals surface area contributed by atoms with Gasteiger partial charge in [-0.05, 0) is 55.5 Å². The van der Waals surface area contributed by atoms with Crippen molar-refractivity contribution in [2.75, 3.05) is 14.2 Å². The first-order chi connectivity index (χ1) is 12.5. The largest absolute Gasteiger partial charge is 0.497 e. The molecule has 2 aromatic rings. The normalized spacial score (nSPS) is 13.7. The Morgan fingerprint density at radius 1 is 0.885 bits per heavy atom. The van der Waals surface area contributed by atoms with Gasteiger partial charge in [-0.15, -0.1) is 0 Å². The molecule has 0 radical (unpaired) electrons. The minimum atomic E-state index is -0.876. The van der Waals surface area contributed by atoms with E-state index in [1.165, 1.54) is 25.3 Å². The molecule has 0 heterocycles. The van der Waals surface area contributed by atoms with Crippen molar-refractivity contribution in [3.63, 3.8) is 0 Å². The zero-order valence-electron chi connectivity index (χ0n) is 15.2. The van der Waals surface area contributed by atoms with Gasteiger partial charge < -0.3 is 14.2 Å². The van der Waals surface area contributed by atoms with Crippen LogP contribution in [0, 0.1) is 0 Å². The molecule has 136 valence electrons. The van der Waals surface area contributed by atoms with Crippen LogP contribution in [0.4, 0.5) is 0 Å². The number of benzene rings is 2. The first kappa shape index (κ1) is 18.0. The lowest BCUT2D eigenvalue weighted by atomic mass is 10.0. The first-order valence-electron chi connectivity index (χ1n) is 8.62. The van der Waals surface area contributed by atoms with Gasteiger partial charge in [-0.1, -0.05) is 12.1 Å². The molecule has 1 atom stereocenters. The summed E-state index contributed by atoms with van der Waals surface area (Å²) in [7, 11) is 3.01. The molecule has 0 amide bonds. The van der Waals surface area contributed by atoms with E-state index in [1.807, 2.05) is 18.2 Å². The second-order valence-corrected chi connectivity index (χ2v) is 6.35. The molecule has 5 nitrogen and oxygen atoms in total. The van der Waals surface area contributed by atoms with Crippen molar-refractivity contribution < 1.29 is 23.8 Å². The molecule has 0 bridgehead atoms. The lowest BCUT2D eigenvalue weighted by molar-refractivity contribution is 0.0318. The van der Waals surface area contributed by atoms with Crippen molar-refractivity contribution >= 4 is 11.8 Å². The molecule has 26 heavy (non-hydrogen) atoms. The van der Waals surface area contributed by atoms with E-state index in [2.05, 4.69) is 0 Å². The number of fused-ring (bicyclic) bond motifs is 1. The van der Waals surface area contributed by atoms with Crippen LogP contribution in [0.25, 0.3) is 0 Å². The molecule has 0 saturated carbocycles. The summed E-state index contributed by atoms with van der Waals surface area (Å²) >= 11 is 0. The predicted octanol–water partition coefficient (Wildman–Crippen LogP) is 3.62. The number of carbonyl (C=O) groups excluding carboxylic acids is 2. The van der Waals surface area contributed by atoms with Crippen LogP contribution in [-0.4, -0.2) is 32.1 Å². The molecule has 0 N–H and O–H groups in total. The average Bonchev–Trinajstić information content (AvgIpc) is 3.14. The first-order valence-corrected chi connectivity index (χ1v) is 8.62. The van der Waals surface area contributed by atoms with Gasteiger partial charge in [0.15, 0.2) is 6.10 Å². The molecule has 1 aliphatic carbocycles. The molecule has 3 rings (SSSR count). The van der Waals surface area contributed by atoms with Gasteiger partial charge in [-0.25, -0.2) is 4.79 Å². The third-order valence-corrected chi connectivity index (χ3v) is 4.62. The molecular formula is C21H22O5. The van der Waals surface area contributed by atoms with Crippen LogP contribution >= 0.6 is 0 Å². The number of esters is 1. The van der Waals surface area contributed by atoms with E-state index in [-0.39, 0.29) is 11.3 Å². The Hall–Kier alpha value is -2.82. The topological polar surface area (TPSA) is 61.8 Å². The fourth-order valence-electron chi connectivity index (χ4n) is 3.17. The highest BCUT2D eigenvalue weighted by molar-refractivity contribution is 6.01. The van der Waals surface area contributed by atoms with Gasteiger partial charge in [0.25, 0.3) is 0 Å². The smallest absolute Gasteiger partial charge is 0.339 e. The molecular weight excluding hydrogens is 332 g/mol. The summed E-state index contributed by atoms with van der Waals surface area (Å²) < 4.78 is 15.7. The number of Topliss-reactive ketones (excluding diaryl/α,β-unsaturated/α-hetero) is 1. The highest BCUT2D eigenvalue weighted by Gasteiger charge is 2.23. The molecule has 0 unspecified atom stereocenters. The van der Waals surface area contributed by atoms with Gasteiger partial charge in [-0.2, -0.15) is 0 Å². The number of rotatable bonds is 6. The summed E-state index contributed by atoms with van der Waals surface area (Å²) in [4.78, 5) is 25.1. The maximum absolute atomic E-state index is 12.6. The van der Waals surface area contributed by atoms with Crippen LogP contribution in [-0.2, 0) is 17.6 Å². The minimum Gasteiger partial charge on any atom is -0.497 e. The quantitative estimate of drug-likeness (QED) is 0.586. The van der Waals surface area contributed by atoms with Crippen molar-refractivity contribution in [2.24, 2.45) is 0 Å². The SMILES string of the molecule is COc1cc(OC)cc(C(=O)O[C@H](C)C(=O)c2ccc3c(c2)CCC3)c1. The summed E-state index contributed by atoms with van der Waals surface area (Å²) in [5.41, 5.74) is 3.37. The van der Waals surface area contributed by atoms with Crippen molar-refractivity contribution in [1.29, 1.82) is 0 Å². The Kier molecular flexibility index (Phi) is 5.26. The number of aryl methyl sites for hydroxylation is 2. The minimum absolute atomic E-state index is 0.206. The Bertz CT molecular complexity index is 818. The Labute approximate surface area is 152 Å². The summed E-state index contributed by atoms with van der Waals surface area (Å²) in [5, 5.41) is 0. The zero-order valence-corrected chi connectivity index (χ0v) is 15.2. The second kappa shape index (κ2) is 7.60. The summed E-state index contributed by atoms with van der Waals surface area (Å²) in [6.07, 6.45) is 2.30. The highest BCUT2D eigenvalue weighted by atomic mass is 16.5. The van der Waals surface area contributed by atoms with E-state index in [1.54, 1.807) is 25.1 Å². The Balaban J connectivity index is 1.73. The third-order valence-electron chi connectivity index (χ3n) is 4.62. The van der Waals surface area contributed by atoms with E-state index in [4.69, 9.17) is 14.2 Å². The molecule has 0 aliphatic heterocycles. The van der Waals surface area contributed by atoms with E-state index in [9.17, 15) is 9.59 Å². The van der Waals surface area contributed by atoms with Gasteiger partial charge in [-0.3, -0.25) is 4.79 Å². The van der Waals surface area contributed by atoms with Crippen LogP contribution in [0.15, 0.2) is 36.4 Å². The molecule has 0 aromatic heterocycles. The van der Waals surface area contributed by atoms with Crippen LogP contribution in [0.1, 0.15) is 45.2 Å². The van der Waals surface area contributed by atoms with Crippen molar-refractivity contribution in [3.05, 3.63) is 58.7 Å². The number of hydrogen-bond donors (Lipinski definition) is 0. The third kappa shape index (κ3) is 3.72. The van der Waals surface area contributed by atoms with Gasteiger partial charge in [0.05, 0.1) is 19.8 Å². The van der Waals surface area contributed by atoms with E-state index < -0.39 is 12.1 Å². The fraction of sp³-hybridized carbons (Fsp3) is 0.333. The lowest BCUT2D eigenvalue weighted by Crippen LogP contribution is -2.24. The van der Waals surface area contributed by atoms with Gasteiger partial charge >= 0.3 is 5.97 Å². The van der Waals surface area contributed by atoms with E-state index >= 15 is 0 Å². The van der Waals surface area contributed by atoms with Crippen LogP contribution in [0.3, 0.4) is 0 Å². The van der Waals surface area contributed by atoms with Crippen LogP contribution in [0.2, 0.25) is 0 Å². The number of ketones is 1. The van der Waals surface area contributed by atoms with Crippen LogP contribution in [0.5, 0.6) is 11.5 Å². The number of ether oxygens (including phenoxy) is 3. The molecule has 5 heteroatoms. The maximum atomic E-state index is 12.6. The number of methoxy groups -OCH3 is 2. The monoisotopic (exact) mass is 354 g/mol. The average molecular weight is 354 g/mol. The maximum Gasteiger partial charge on any atom is 0.339 e. The number of hydrogen-bond acceptors (Lipinski definition) is 5. The molecule has 0 fully saturated rings. The van der Waals surface area contributed by atoms with Gasteiger partial charge in [0.1, 0.15) is 11.5 Å². The van der Waals surface area contributed by atoms with Gasteiger partial charge in [0.2, 0.25) is 5.78 Å². The van der Waals surface area contributed by atoms with E-state index in [0.29, 0.717) is 17.1 Å². The molecule has 0 saturated heterocycles. The van der Waals surface area contributed by atoms with Gasteiger partial charge in [0, 0.05) is 11.6 Å².